The number of hydrogen-bond donors (Lipinski definition) is 1. The lowest BCUT2D eigenvalue weighted by Crippen LogP contribution is -2.30. The molecule has 1 N–H and O–H groups in total. The number of amides is 1. The third kappa shape index (κ3) is 3.62. The number of fused-ring (bicyclic) bond motifs is 1. The molecule has 1 aliphatic rings. The molecule has 0 aliphatic carbocycles. The first-order valence-electron chi connectivity index (χ1n) is 8.79. The zero-order valence-electron chi connectivity index (χ0n) is 15.2. The number of benzene rings is 1. The Morgan fingerprint density at radius 2 is 2.19 bits per heavy atom. The molecule has 1 aromatic carbocycles. The van der Waals surface area contributed by atoms with Crippen LogP contribution in [0, 0.1) is 6.92 Å². The first-order chi connectivity index (χ1) is 13.1. The summed E-state index contributed by atoms with van der Waals surface area (Å²) < 4.78 is 7.86. The third-order valence-corrected chi connectivity index (χ3v) is 4.32. The fourth-order valence-corrected chi connectivity index (χ4v) is 2.98. The molecule has 4 rings (SSSR count). The van der Waals surface area contributed by atoms with Crippen LogP contribution in [0.1, 0.15) is 35.0 Å². The summed E-state index contributed by atoms with van der Waals surface area (Å²) in [6.45, 7) is 4.19. The molecule has 1 unspecified atom stereocenters. The Labute approximate surface area is 156 Å². The molecule has 0 saturated heterocycles. The Morgan fingerprint density at radius 1 is 1.33 bits per heavy atom. The van der Waals surface area contributed by atoms with E-state index >= 15 is 0 Å². The average Bonchev–Trinajstić information content (AvgIpc) is 3.27. The van der Waals surface area contributed by atoms with Crippen LogP contribution >= 0.6 is 0 Å². The van der Waals surface area contributed by atoms with Crippen LogP contribution in [-0.2, 0) is 11.4 Å². The van der Waals surface area contributed by atoms with Crippen LogP contribution in [0.3, 0.4) is 0 Å². The summed E-state index contributed by atoms with van der Waals surface area (Å²) in [5, 5.41) is 6.65. The van der Waals surface area contributed by atoms with Crippen LogP contribution in [0.4, 0.5) is 0 Å². The molecule has 3 aromatic rings. The molecule has 0 bridgehead atoms. The highest BCUT2D eigenvalue weighted by Crippen LogP contribution is 2.20. The summed E-state index contributed by atoms with van der Waals surface area (Å²) in [6.07, 6.45) is 4.43. The van der Waals surface area contributed by atoms with E-state index in [0.29, 0.717) is 23.6 Å². The molecule has 7 nitrogen and oxygen atoms in total. The van der Waals surface area contributed by atoms with E-state index in [0.717, 1.165) is 16.9 Å². The number of carbonyl (C=O) groups is 1. The lowest BCUT2D eigenvalue weighted by atomic mass is 10.2. The van der Waals surface area contributed by atoms with Crippen LogP contribution in [-0.4, -0.2) is 27.2 Å². The summed E-state index contributed by atoms with van der Waals surface area (Å²) in [5.41, 5.74) is 3.23. The zero-order chi connectivity index (χ0) is 18.8. The first kappa shape index (κ1) is 17.1. The fourth-order valence-electron chi connectivity index (χ4n) is 2.98. The van der Waals surface area contributed by atoms with Gasteiger partial charge in [0.1, 0.15) is 24.1 Å². The maximum atomic E-state index is 12.6. The van der Waals surface area contributed by atoms with Gasteiger partial charge < -0.3 is 19.3 Å². The number of nitrogens with zero attached hydrogens (tertiary/aromatic N) is 3. The minimum atomic E-state index is -0.270. The van der Waals surface area contributed by atoms with Crippen molar-refractivity contribution in [3.63, 3.8) is 0 Å². The van der Waals surface area contributed by atoms with Crippen molar-refractivity contribution in [2.75, 3.05) is 0 Å². The third-order valence-electron chi connectivity index (χ3n) is 4.32. The molecule has 138 valence electrons. The molecule has 0 spiro atoms. The monoisotopic (exact) mass is 364 g/mol. The second kappa shape index (κ2) is 7.11. The second-order valence-corrected chi connectivity index (χ2v) is 6.55. The molecular weight excluding hydrogens is 344 g/mol. The zero-order valence-corrected chi connectivity index (χ0v) is 15.2. The normalized spacial score (nSPS) is 16.1. The maximum absolute atomic E-state index is 12.6. The van der Waals surface area contributed by atoms with Crippen molar-refractivity contribution in [3.05, 3.63) is 65.6 Å². The Kier molecular flexibility index (Phi) is 4.50. The standard InChI is InChI=1S/C20H20N4O3/c1-13-6-5-9-24-11-15(21-19(13)24)12-26-17-8-4-3-7-16(17)20(25)22-18-10-14(2)27-23-18/h3-9,11,14H,10,12H2,1-2H3,(H,22,23,25). The van der Waals surface area contributed by atoms with E-state index in [1.165, 1.54) is 0 Å². The van der Waals surface area contributed by atoms with Gasteiger partial charge in [-0.05, 0) is 37.6 Å². The number of pyridine rings is 1. The van der Waals surface area contributed by atoms with Gasteiger partial charge in [-0.3, -0.25) is 4.79 Å². The molecule has 0 fully saturated rings. The fraction of sp³-hybridized carbons (Fsp3) is 0.250. The summed E-state index contributed by atoms with van der Waals surface area (Å²) in [4.78, 5) is 22.3. The van der Waals surface area contributed by atoms with Crippen LogP contribution in [0.25, 0.3) is 5.65 Å². The number of imidazole rings is 1. The lowest BCUT2D eigenvalue weighted by Gasteiger charge is -2.10. The molecule has 3 heterocycles. The predicted octanol–water partition coefficient (Wildman–Crippen LogP) is 3.07. The van der Waals surface area contributed by atoms with Gasteiger partial charge in [0.05, 0.1) is 11.3 Å². The van der Waals surface area contributed by atoms with Gasteiger partial charge in [0, 0.05) is 18.8 Å². The molecule has 1 aliphatic heterocycles. The van der Waals surface area contributed by atoms with Crippen LogP contribution in [0.5, 0.6) is 5.75 Å². The highest BCUT2D eigenvalue weighted by molar-refractivity contribution is 6.08. The van der Waals surface area contributed by atoms with Crippen LogP contribution in [0.15, 0.2) is 53.9 Å². The average molecular weight is 364 g/mol. The summed E-state index contributed by atoms with van der Waals surface area (Å²) in [5.74, 6) is 0.752. The topological polar surface area (TPSA) is 77.2 Å². The number of ether oxygens (including phenoxy) is 1. The van der Waals surface area contributed by atoms with E-state index in [2.05, 4.69) is 15.5 Å². The van der Waals surface area contributed by atoms with Gasteiger partial charge in [-0.25, -0.2) is 4.98 Å². The van der Waals surface area contributed by atoms with Crippen molar-refractivity contribution in [2.45, 2.75) is 33.0 Å². The van der Waals surface area contributed by atoms with Gasteiger partial charge in [0.15, 0.2) is 5.84 Å². The van der Waals surface area contributed by atoms with Gasteiger partial charge >= 0.3 is 0 Å². The Hall–Kier alpha value is -3.35. The van der Waals surface area contributed by atoms with Gasteiger partial charge in [-0.1, -0.05) is 23.4 Å². The number of hydrogen-bond acceptors (Lipinski definition) is 5. The van der Waals surface area contributed by atoms with E-state index < -0.39 is 0 Å². The number of para-hydroxylation sites is 1. The number of rotatable bonds is 4. The molecule has 7 heteroatoms. The van der Waals surface area contributed by atoms with E-state index in [1.807, 2.05) is 48.8 Å². The number of oxime groups is 1. The lowest BCUT2D eigenvalue weighted by molar-refractivity contribution is 0.0963. The minimum Gasteiger partial charge on any atom is -0.486 e. The van der Waals surface area contributed by atoms with Crippen molar-refractivity contribution in [2.24, 2.45) is 5.16 Å². The molecular formula is C20H20N4O3. The van der Waals surface area contributed by atoms with Gasteiger partial charge in [-0.2, -0.15) is 0 Å². The number of amidine groups is 1. The van der Waals surface area contributed by atoms with E-state index in [1.54, 1.807) is 18.2 Å². The second-order valence-electron chi connectivity index (χ2n) is 6.55. The number of aromatic nitrogens is 2. The van der Waals surface area contributed by atoms with Crippen molar-refractivity contribution in [1.82, 2.24) is 14.7 Å². The van der Waals surface area contributed by atoms with E-state index in [9.17, 15) is 4.79 Å². The smallest absolute Gasteiger partial charge is 0.260 e. The Bertz CT molecular complexity index is 1020. The number of aryl methyl sites for hydroxylation is 1. The Morgan fingerprint density at radius 3 is 2.96 bits per heavy atom. The van der Waals surface area contributed by atoms with Crippen LogP contribution < -0.4 is 10.1 Å². The molecule has 2 aromatic heterocycles. The van der Waals surface area contributed by atoms with Gasteiger partial charge in [0.2, 0.25) is 0 Å². The van der Waals surface area contributed by atoms with Crippen molar-refractivity contribution < 1.29 is 14.4 Å². The van der Waals surface area contributed by atoms with Crippen molar-refractivity contribution >= 4 is 17.4 Å². The first-order valence-corrected chi connectivity index (χ1v) is 8.79. The van der Waals surface area contributed by atoms with Crippen molar-refractivity contribution in [3.8, 4) is 5.75 Å². The van der Waals surface area contributed by atoms with Crippen LogP contribution in [0.2, 0.25) is 0 Å². The quantitative estimate of drug-likeness (QED) is 0.772. The molecule has 27 heavy (non-hydrogen) atoms. The van der Waals surface area contributed by atoms with E-state index in [-0.39, 0.29) is 18.6 Å². The SMILES string of the molecule is Cc1cccn2cc(COc3ccccc3C(=O)NC3=NOC(C)C3)nc12. The molecule has 1 atom stereocenters. The largest absolute Gasteiger partial charge is 0.486 e. The number of nitrogens with one attached hydrogen (secondary N) is 1. The summed E-state index contributed by atoms with van der Waals surface area (Å²) in [6, 6.07) is 11.1. The summed E-state index contributed by atoms with van der Waals surface area (Å²) >= 11 is 0. The maximum Gasteiger partial charge on any atom is 0.260 e. The summed E-state index contributed by atoms with van der Waals surface area (Å²) in [7, 11) is 0. The molecule has 0 radical (unpaired) electrons. The predicted molar refractivity (Wildman–Crippen MR) is 101 cm³/mol. The van der Waals surface area contributed by atoms with Gasteiger partial charge in [-0.15, -0.1) is 0 Å². The van der Waals surface area contributed by atoms with Crippen molar-refractivity contribution in [1.29, 1.82) is 0 Å². The van der Waals surface area contributed by atoms with Gasteiger partial charge in [0.25, 0.3) is 5.91 Å². The molecule has 1 amide bonds. The highest BCUT2D eigenvalue weighted by Gasteiger charge is 2.20. The highest BCUT2D eigenvalue weighted by atomic mass is 16.6. The van der Waals surface area contributed by atoms with E-state index in [4.69, 9.17) is 9.57 Å². The Balaban J connectivity index is 1.49. The minimum absolute atomic E-state index is 0.0229. The number of carbonyl (C=O) groups excluding carboxylic acids is 1. The molecule has 0 saturated carbocycles.